The molecule has 2 saturated heterocycles. The summed E-state index contributed by atoms with van der Waals surface area (Å²) in [5.74, 6) is 10.5. The minimum absolute atomic E-state index is 0.00273. The highest BCUT2D eigenvalue weighted by atomic mass is 35.5. The largest absolute Gasteiger partial charge is 0.461 e. The van der Waals surface area contributed by atoms with Crippen LogP contribution in [-0.2, 0) is 48.6 Å². The monoisotopic (exact) mass is 1830 g/mol. The molecule has 0 amide bonds. The fraction of sp³-hybridized carbons (Fsp3) is 0.370. The van der Waals surface area contributed by atoms with Crippen molar-refractivity contribution >= 4 is 155 Å². The van der Waals surface area contributed by atoms with Crippen LogP contribution in [0, 0.1) is 52.4 Å². The number of carbonyl (C=O) groups excluding carboxylic acids is 4. The summed E-state index contributed by atoms with van der Waals surface area (Å²) in [4.78, 5) is 72.0. The van der Waals surface area contributed by atoms with Crippen molar-refractivity contribution in [1.29, 1.82) is 0 Å². The molecule has 12 N–H and O–H groups in total. The van der Waals surface area contributed by atoms with Gasteiger partial charge in [0.1, 0.15) is 46.9 Å². The van der Waals surface area contributed by atoms with Crippen LogP contribution in [0.1, 0.15) is 111 Å². The maximum absolute atomic E-state index is 12.6. The van der Waals surface area contributed by atoms with Crippen LogP contribution in [0.5, 0.6) is 0 Å². The quantitative estimate of drug-likeness (QED) is 0.0125. The van der Waals surface area contributed by atoms with E-state index in [1.165, 1.54) is 43.0 Å². The zero-order valence-electron chi connectivity index (χ0n) is 66.1. The number of aromatic nitrogens is 12. The highest BCUT2D eigenvalue weighted by Crippen LogP contribution is 2.52. The van der Waals surface area contributed by atoms with E-state index >= 15 is 0 Å². The second kappa shape index (κ2) is 42.0. The predicted octanol–water partition coefficient (Wildman–Crippen LogP) is 10.5. The number of anilines is 1. The molecule has 11 heterocycles. The summed E-state index contributed by atoms with van der Waals surface area (Å²) in [6, 6.07) is 19.9. The molecule has 15 rings (SSSR count). The summed E-state index contributed by atoms with van der Waals surface area (Å²) < 4.78 is 116. The van der Waals surface area contributed by atoms with Crippen LogP contribution in [0.4, 0.5) is 19.0 Å². The number of fused-ring (bicyclic) bond motifs is 3. The van der Waals surface area contributed by atoms with Crippen LogP contribution in [0.3, 0.4) is 0 Å². The Morgan fingerprint density at radius 3 is 1.44 bits per heavy atom. The molecular weight excluding hydrogens is 1750 g/mol. The number of H-pyrrole nitrogens is 3. The van der Waals surface area contributed by atoms with E-state index in [1.807, 2.05) is 63.2 Å². The zero-order chi connectivity index (χ0) is 88.4. The molecule has 0 atom stereocenters. The topological polar surface area (TPSA) is 463 Å². The summed E-state index contributed by atoms with van der Waals surface area (Å²) in [5.41, 5.74) is 8.78. The van der Waals surface area contributed by atoms with Crippen LogP contribution in [0.2, 0.25) is 30.3 Å². The normalized spacial score (nSPS) is 14.4. The van der Waals surface area contributed by atoms with Gasteiger partial charge in [0.05, 0.1) is 44.9 Å². The third-order valence-corrected chi connectivity index (χ3v) is 25.9. The first-order valence-corrected chi connectivity index (χ1v) is 42.8. The van der Waals surface area contributed by atoms with E-state index < -0.39 is 46.2 Å². The second-order valence-corrected chi connectivity index (χ2v) is 35.3. The average Bonchev–Trinajstić information content (AvgIpc) is 1.65. The summed E-state index contributed by atoms with van der Waals surface area (Å²) in [5, 5.41) is 30.0. The molecule has 0 radical (unpaired) electrons. The predicted molar refractivity (Wildman–Crippen MR) is 449 cm³/mol. The average molecular weight is 1840 g/mol. The van der Waals surface area contributed by atoms with Crippen molar-refractivity contribution in [2.75, 3.05) is 70.8 Å². The maximum Gasteiger partial charge on any atom is 0.446 e. The van der Waals surface area contributed by atoms with Crippen molar-refractivity contribution in [3.63, 3.8) is 0 Å². The molecule has 34 nitrogen and oxygen atoms in total. The van der Waals surface area contributed by atoms with Crippen molar-refractivity contribution in [2.45, 2.75) is 106 Å². The molecule has 4 fully saturated rings. The van der Waals surface area contributed by atoms with E-state index in [4.69, 9.17) is 115 Å². The van der Waals surface area contributed by atoms with Gasteiger partial charge in [-0.1, -0.05) is 106 Å². The number of nitrogens with two attached hydrogens (primary N) is 4. The number of hydrogen-bond donors (Lipinski definition) is 8. The van der Waals surface area contributed by atoms with Crippen molar-refractivity contribution in [2.24, 2.45) is 27.0 Å². The number of hydrogen-bond acceptors (Lipinski definition) is 23. The number of aromatic amines is 3. The fourth-order valence-electron chi connectivity index (χ4n) is 12.6. The Balaban J connectivity index is 0.000000188. The molecule has 2 aromatic carbocycles. The molecule has 2 aliphatic carbocycles. The standard InChI is InChI=1S/C14H19ClN6O2S.C12H12NO2P.C8H11ClN2O2.C8H10ClNO2.C8H11NO2.C7H5Cl2N3.C7H6ClN3O.C7H15N3O2S.C2HF3O/c1-9-11(15)5-21-12(9)13(17-8-18-21)20-6-14(7-20)3-10(4-14)19(2)24(16,22)23;13-15-16(14,11-7-3-1-4-8-11)12-9-5-2-6-10-12;1-3-13-8(12)7-5(2)6(9)4-11(7)10;1-3-12-8(11)7-5(2)6(9)4-10-7;1-3-11-8(10)7-6(2)4-5-9-7;1-4-5(8)2-12-6(4)7(9)10-3-11-12;1-4-5(8)2-11-6(4)7(12)9-3-10-11;1-10(13(8,11)12)6-2-7(3-6)4-9-5-7;3-2(4,5)1-6/h5,8,10H,3-4,6-7H2,1-2H3,(H2,16,22,23);1-10H,13H2;4H,3,10H2,1-2H3;4,10H,3H2,1-2H3;4-5,9H,3H2,1-2H3;2-3H,1H3;2-3H,1H3,(H,9,10,12);6,9H,2-5H2,1H3,(H2,8,11,12);1H. The number of halogens is 9. The van der Waals surface area contributed by atoms with Gasteiger partial charge in [-0.2, -0.15) is 53.9 Å². The number of benzene rings is 2. The molecule has 2 spiro atoms. The number of aldehydes is 1. The number of esters is 3. The minimum atomic E-state index is -4.64. The van der Waals surface area contributed by atoms with Crippen molar-refractivity contribution in [3.05, 3.63) is 214 Å². The van der Waals surface area contributed by atoms with Crippen LogP contribution in [0.15, 0.2) is 128 Å². The molecule has 4 aliphatic rings. The van der Waals surface area contributed by atoms with E-state index in [9.17, 15) is 53.8 Å². The van der Waals surface area contributed by atoms with Gasteiger partial charge < -0.3 is 45.2 Å². The highest BCUT2D eigenvalue weighted by Gasteiger charge is 2.55. The van der Waals surface area contributed by atoms with Gasteiger partial charge in [-0.25, -0.2) is 58.7 Å². The summed E-state index contributed by atoms with van der Waals surface area (Å²) >= 11 is 35.2. The Bertz CT molecular complexity index is 5630. The van der Waals surface area contributed by atoms with Gasteiger partial charge in [-0.3, -0.25) is 18.8 Å². The van der Waals surface area contributed by atoms with Gasteiger partial charge >= 0.3 is 24.1 Å². The third-order valence-electron chi connectivity index (χ3n) is 19.3. The number of ether oxygens (including phenoxy) is 3. The SMILES string of the molecule is CCOC(=O)c1[nH]cc(Cl)c1C.CCOC(=O)c1[nH]ccc1C.CCOC(=O)c1c(C)c(Cl)cn1N.CN(C1CC2(CNC2)C1)S(N)(=O)=O.Cc1c(Cl)cn2nc[nH]c(=O)c12.Cc1c(Cl)cn2ncnc(Cl)c12.Cc1c(Cl)cn2ncnc(N3CC4(CC(N(C)S(N)(=O)=O)C4)C3)c12.NOP(=O)(c1ccccc1)c1ccccc1.O=CC(F)(F)F. The first-order chi connectivity index (χ1) is 55.9. The number of aryl methyl sites for hydroxylation is 4. The van der Waals surface area contributed by atoms with Gasteiger partial charge in [0.15, 0.2) is 16.7 Å². The third kappa shape index (κ3) is 24.7. The minimum Gasteiger partial charge on any atom is -0.461 e. The van der Waals surface area contributed by atoms with Gasteiger partial charge in [0.2, 0.25) is 6.29 Å². The number of nitrogens with one attached hydrogen (secondary N) is 4. The Kier molecular flexibility index (Phi) is 34.3. The lowest BCUT2D eigenvalue weighted by molar-refractivity contribution is -0.156. The molecular formula is C73H90Cl6F3N20O14PS2. The van der Waals surface area contributed by atoms with Crippen molar-refractivity contribution < 1.29 is 72.6 Å². The van der Waals surface area contributed by atoms with Crippen molar-refractivity contribution in [3.8, 4) is 0 Å². The van der Waals surface area contributed by atoms with Crippen LogP contribution >= 0.6 is 77.0 Å². The van der Waals surface area contributed by atoms with Crippen LogP contribution in [0.25, 0.3) is 16.6 Å². The molecule has 0 unspecified atom stereocenters. The Morgan fingerprint density at radius 2 is 1.04 bits per heavy atom. The van der Waals surface area contributed by atoms with E-state index in [0.29, 0.717) is 94.3 Å². The second-order valence-electron chi connectivity index (χ2n) is 27.3. The first-order valence-electron chi connectivity index (χ1n) is 35.9. The van der Waals surface area contributed by atoms with Gasteiger partial charge in [-0.05, 0) is 140 Å². The lowest BCUT2D eigenvalue weighted by Gasteiger charge is -2.60. The fourth-order valence-corrected chi connectivity index (χ4v) is 16.6. The van der Waals surface area contributed by atoms with E-state index in [1.54, 1.807) is 120 Å². The van der Waals surface area contributed by atoms with Crippen molar-refractivity contribution in [1.82, 2.24) is 72.4 Å². The number of alkyl halides is 3. The zero-order valence-corrected chi connectivity index (χ0v) is 73.2. The number of nitrogens with zero attached hydrogens (tertiary/aromatic N) is 12. The highest BCUT2D eigenvalue weighted by molar-refractivity contribution is 7.87. The number of rotatable bonds is 14. The molecule has 46 heteroatoms. The molecule has 119 heavy (non-hydrogen) atoms. The first kappa shape index (κ1) is 97.1. The summed E-state index contributed by atoms with van der Waals surface area (Å²) in [7, 11) is -7.13. The van der Waals surface area contributed by atoms with E-state index in [2.05, 4.69) is 50.4 Å². The van der Waals surface area contributed by atoms with Gasteiger partial charge in [-0.15, -0.1) is 0 Å². The smallest absolute Gasteiger partial charge is 0.446 e. The molecule has 646 valence electrons. The summed E-state index contributed by atoms with van der Waals surface area (Å²) in [6.07, 6.45) is 12.0. The number of nitrogen functional groups attached to an aromatic ring is 1. The molecule has 2 saturated carbocycles. The van der Waals surface area contributed by atoms with Gasteiger partial charge in [0.25, 0.3) is 33.3 Å². The maximum atomic E-state index is 12.6. The Hall–Kier alpha value is -9.00. The van der Waals surface area contributed by atoms with Crippen LogP contribution in [-0.4, -0.2) is 186 Å². The molecule has 0 bridgehead atoms. The lowest BCUT2D eigenvalue weighted by Crippen LogP contribution is -2.67. The van der Waals surface area contributed by atoms with E-state index in [0.717, 1.165) is 96.5 Å². The lowest BCUT2D eigenvalue weighted by atomic mass is 9.60. The Morgan fingerprint density at radius 1 is 0.605 bits per heavy atom. The van der Waals surface area contributed by atoms with Gasteiger partial charge in [0, 0.05) is 122 Å². The van der Waals surface area contributed by atoms with Crippen LogP contribution < -0.4 is 48.4 Å². The van der Waals surface area contributed by atoms with E-state index in [-0.39, 0.29) is 35.0 Å². The molecule has 2 aliphatic heterocycles. The molecule has 11 aromatic rings. The number of carbonyl (C=O) groups is 4. The summed E-state index contributed by atoms with van der Waals surface area (Å²) in [6.45, 7) is 21.1. The molecule has 9 aromatic heterocycles. The Labute approximate surface area is 712 Å².